The highest BCUT2D eigenvalue weighted by molar-refractivity contribution is 5.90. The largest absolute Gasteiger partial charge is 0.462 e. The molecule has 0 spiro atoms. The van der Waals surface area contributed by atoms with Crippen LogP contribution >= 0.6 is 0 Å². The molecule has 1 heterocycles. The molecule has 2 aromatic rings. The summed E-state index contributed by atoms with van der Waals surface area (Å²) in [6, 6.07) is 9.08. The van der Waals surface area contributed by atoms with Crippen LogP contribution in [0.5, 0.6) is 0 Å². The van der Waals surface area contributed by atoms with Gasteiger partial charge in [-0.2, -0.15) is 0 Å². The van der Waals surface area contributed by atoms with Crippen LogP contribution < -0.4 is 5.32 Å². The van der Waals surface area contributed by atoms with Crippen LogP contribution in [0.2, 0.25) is 0 Å². The number of benzene rings is 1. The van der Waals surface area contributed by atoms with Crippen LogP contribution in [-0.4, -0.2) is 22.5 Å². The van der Waals surface area contributed by atoms with Gasteiger partial charge in [0.1, 0.15) is 5.82 Å². The number of carbonyl (C=O) groups excluding carboxylic acids is 1. The highest BCUT2D eigenvalue weighted by atomic mass is 16.5. The fraction of sp³-hybridized carbons (Fsp3) is 0.267. The summed E-state index contributed by atoms with van der Waals surface area (Å²) in [5.41, 5.74) is 2.29. The minimum Gasteiger partial charge on any atom is -0.462 e. The van der Waals surface area contributed by atoms with Crippen LogP contribution in [0.15, 0.2) is 36.5 Å². The maximum atomic E-state index is 11.6. The predicted octanol–water partition coefficient (Wildman–Crippen LogP) is 2.57. The Bertz CT molecular complexity index is 599. The molecule has 0 amide bonds. The van der Waals surface area contributed by atoms with Gasteiger partial charge in [-0.15, -0.1) is 0 Å². The van der Waals surface area contributed by atoms with Crippen molar-refractivity contribution in [3.05, 3.63) is 53.6 Å². The first kappa shape index (κ1) is 14.0. The van der Waals surface area contributed by atoms with Crippen molar-refractivity contribution >= 4 is 11.7 Å². The lowest BCUT2D eigenvalue weighted by Crippen LogP contribution is -2.06. The van der Waals surface area contributed by atoms with Crippen LogP contribution in [0.3, 0.4) is 0 Å². The van der Waals surface area contributed by atoms with E-state index in [0.29, 0.717) is 18.7 Å². The van der Waals surface area contributed by atoms with Gasteiger partial charge in [0.2, 0.25) is 0 Å². The smallest absolute Gasteiger partial charge is 0.338 e. The number of rotatable bonds is 5. The lowest BCUT2D eigenvalue weighted by Gasteiger charge is -2.08. The van der Waals surface area contributed by atoms with Crippen molar-refractivity contribution in [2.24, 2.45) is 0 Å². The standard InChI is InChI=1S/C15H17N3O2/c1-3-20-15(19)12-5-4-6-13(9-12)17-10-14-7-8-16-11(2)18-14/h4-9,17H,3,10H2,1-2H3. The Balaban J connectivity index is 2.03. The molecule has 0 atom stereocenters. The van der Waals surface area contributed by atoms with Crippen molar-refractivity contribution < 1.29 is 9.53 Å². The number of aryl methyl sites for hydroxylation is 1. The maximum absolute atomic E-state index is 11.6. The number of nitrogens with zero attached hydrogens (tertiary/aromatic N) is 2. The Morgan fingerprint density at radius 3 is 2.95 bits per heavy atom. The average molecular weight is 271 g/mol. The van der Waals surface area contributed by atoms with Gasteiger partial charge in [0.25, 0.3) is 0 Å². The summed E-state index contributed by atoms with van der Waals surface area (Å²) in [6.45, 7) is 4.59. The van der Waals surface area contributed by atoms with Crippen LogP contribution in [-0.2, 0) is 11.3 Å². The van der Waals surface area contributed by atoms with Crippen LogP contribution in [0.25, 0.3) is 0 Å². The van der Waals surface area contributed by atoms with Gasteiger partial charge in [-0.3, -0.25) is 0 Å². The zero-order valence-corrected chi connectivity index (χ0v) is 11.6. The molecule has 0 saturated heterocycles. The molecule has 5 nitrogen and oxygen atoms in total. The molecule has 2 rings (SSSR count). The van der Waals surface area contributed by atoms with Gasteiger partial charge in [0, 0.05) is 11.9 Å². The van der Waals surface area contributed by atoms with E-state index < -0.39 is 0 Å². The van der Waals surface area contributed by atoms with E-state index in [0.717, 1.165) is 17.2 Å². The summed E-state index contributed by atoms with van der Waals surface area (Å²) in [5, 5.41) is 3.23. The molecule has 0 aliphatic carbocycles. The Morgan fingerprint density at radius 1 is 1.35 bits per heavy atom. The van der Waals surface area contributed by atoms with E-state index in [9.17, 15) is 4.79 Å². The van der Waals surface area contributed by atoms with Crippen molar-refractivity contribution in [1.29, 1.82) is 0 Å². The number of esters is 1. The van der Waals surface area contributed by atoms with E-state index in [1.807, 2.05) is 25.1 Å². The second-order valence-corrected chi connectivity index (χ2v) is 4.25. The summed E-state index contributed by atoms with van der Waals surface area (Å²) >= 11 is 0. The van der Waals surface area contributed by atoms with E-state index in [-0.39, 0.29) is 5.97 Å². The second-order valence-electron chi connectivity index (χ2n) is 4.25. The van der Waals surface area contributed by atoms with E-state index in [1.165, 1.54) is 0 Å². The van der Waals surface area contributed by atoms with E-state index >= 15 is 0 Å². The molecular weight excluding hydrogens is 254 g/mol. The lowest BCUT2D eigenvalue weighted by molar-refractivity contribution is 0.0526. The summed E-state index contributed by atoms with van der Waals surface area (Å²) in [4.78, 5) is 20.0. The Morgan fingerprint density at radius 2 is 2.20 bits per heavy atom. The third-order valence-electron chi connectivity index (χ3n) is 2.68. The van der Waals surface area contributed by atoms with Crippen molar-refractivity contribution in [1.82, 2.24) is 9.97 Å². The SMILES string of the molecule is CCOC(=O)c1cccc(NCc2ccnc(C)n2)c1. The minimum absolute atomic E-state index is 0.311. The summed E-state index contributed by atoms with van der Waals surface area (Å²) in [7, 11) is 0. The summed E-state index contributed by atoms with van der Waals surface area (Å²) in [5.74, 6) is 0.429. The molecule has 0 aliphatic rings. The molecule has 0 saturated carbocycles. The molecule has 0 bridgehead atoms. The van der Waals surface area contributed by atoms with Crippen LogP contribution in [0.4, 0.5) is 5.69 Å². The van der Waals surface area contributed by atoms with E-state index in [4.69, 9.17) is 4.74 Å². The number of nitrogens with one attached hydrogen (secondary N) is 1. The fourth-order valence-electron chi connectivity index (χ4n) is 1.77. The number of ether oxygens (including phenoxy) is 1. The Labute approximate surface area is 118 Å². The quantitative estimate of drug-likeness (QED) is 0.847. The third kappa shape index (κ3) is 3.78. The molecule has 20 heavy (non-hydrogen) atoms. The highest BCUT2D eigenvalue weighted by Crippen LogP contribution is 2.12. The zero-order chi connectivity index (χ0) is 14.4. The molecular formula is C15H17N3O2. The lowest BCUT2D eigenvalue weighted by atomic mass is 10.2. The monoisotopic (exact) mass is 271 g/mol. The van der Waals surface area contributed by atoms with Gasteiger partial charge in [0.05, 0.1) is 24.4 Å². The normalized spacial score (nSPS) is 10.1. The maximum Gasteiger partial charge on any atom is 0.338 e. The summed E-state index contributed by atoms with van der Waals surface area (Å²) in [6.07, 6.45) is 1.73. The Kier molecular flexibility index (Phi) is 4.65. The first-order valence-electron chi connectivity index (χ1n) is 6.48. The first-order valence-corrected chi connectivity index (χ1v) is 6.48. The fourth-order valence-corrected chi connectivity index (χ4v) is 1.77. The van der Waals surface area contributed by atoms with Crippen LogP contribution in [0, 0.1) is 6.92 Å². The topological polar surface area (TPSA) is 64.1 Å². The number of aromatic nitrogens is 2. The molecule has 0 aliphatic heterocycles. The first-order chi connectivity index (χ1) is 9.69. The minimum atomic E-state index is -0.311. The van der Waals surface area contributed by atoms with Gasteiger partial charge < -0.3 is 10.1 Å². The molecule has 0 unspecified atom stereocenters. The van der Waals surface area contributed by atoms with Crippen LogP contribution in [0.1, 0.15) is 28.8 Å². The average Bonchev–Trinajstić information content (AvgIpc) is 2.46. The van der Waals surface area contributed by atoms with Gasteiger partial charge in [-0.05, 0) is 38.1 Å². The van der Waals surface area contributed by atoms with Gasteiger partial charge in [0.15, 0.2) is 0 Å². The van der Waals surface area contributed by atoms with Crippen molar-refractivity contribution in [3.63, 3.8) is 0 Å². The van der Waals surface area contributed by atoms with Gasteiger partial charge in [-0.1, -0.05) is 6.07 Å². The predicted molar refractivity (Wildman–Crippen MR) is 76.5 cm³/mol. The van der Waals surface area contributed by atoms with Crippen molar-refractivity contribution in [2.75, 3.05) is 11.9 Å². The molecule has 1 N–H and O–H groups in total. The molecule has 104 valence electrons. The zero-order valence-electron chi connectivity index (χ0n) is 11.6. The number of carbonyl (C=O) groups is 1. The molecule has 0 fully saturated rings. The highest BCUT2D eigenvalue weighted by Gasteiger charge is 2.06. The van der Waals surface area contributed by atoms with E-state index in [2.05, 4.69) is 15.3 Å². The molecule has 1 aromatic heterocycles. The van der Waals surface area contributed by atoms with Gasteiger partial charge in [-0.25, -0.2) is 14.8 Å². The number of anilines is 1. The number of hydrogen-bond donors (Lipinski definition) is 1. The third-order valence-corrected chi connectivity index (χ3v) is 2.68. The van der Waals surface area contributed by atoms with E-state index in [1.54, 1.807) is 25.3 Å². The molecule has 1 aromatic carbocycles. The number of hydrogen-bond acceptors (Lipinski definition) is 5. The molecule has 5 heteroatoms. The van der Waals surface area contributed by atoms with Crippen molar-refractivity contribution in [2.45, 2.75) is 20.4 Å². The summed E-state index contributed by atoms with van der Waals surface area (Å²) < 4.78 is 4.97. The Hall–Kier alpha value is -2.43. The van der Waals surface area contributed by atoms with Gasteiger partial charge >= 0.3 is 5.97 Å². The molecule has 0 radical (unpaired) electrons. The second kappa shape index (κ2) is 6.65. The van der Waals surface area contributed by atoms with Crippen molar-refractivity contribution in [3.8, 4) is 0 Å².